The molecule has 0 bridgehead atoms. The lowest BCUT2D eigenvalue weighted by molar-refractivity contribution is 0.0696. The van der Waals surface area contributed by atoms with Gasteiger partial charge in [0.05, 0.1) is 16.8 Å². The van der Waals surface area contributed by atoms with E-state index >= 15 is 0 Å². The molecule has 0 radical (unpaired) electrons. The minimum atomic E-state index is -0.367. The molecule has 2 aliphatic rings. The van der Waals surface area contributed by atoms with Crippen LogP contribution in [0.3, 0.4) is 0 Å². The lowest BCUT2D eigenvalue weighted by Gasteiger charge is -2.31. The van der Waals surface area contributed by atoms with Crippen molar-refractivity contribution < 1.29 is 14.4 Å². The third-order valence-corrected chi connectivity index (χ3v) is 6.18. The highest BCUT2D eigenvalue weighted by molar-refractivity contribution is 6.35. The van der Waals surface area contributed by atoms with Crippen molar-refractivity contribution in [2.24, 2.45) is 0 Å². The first-order valence-electron chi connectivity index (χ1n) is 10.3. The molecule has 0 N–H and O–H groups in total. The van der Waals surface area contributed by atoms with Crippen LogP contribution < -0.4 is 4.90 Å². The molecule has 2 aromatic rings. The Kier molecular flexibility index (Phi) is 4.99. The highest BCUT2D eigenvalue weighted by Gasteiger charge is 2.38. The van der Waals surface area contributed by atoms with Crippen molar-refractivity contribution >= 4 is 23.4 Å². The summed E-state index contributed by atoms with van der Waals surface area (Å²) in [5.41, 5.74) is 3.56. The number of aryl methyl sites for hydroxylation is 2. The van der Waals surface area contributed by atoms with Gasteiger partial charge in [-0.2, -0.15) is 0 Å². The normalized spacial score (nSPS) is 16.9. The van der Waals surface area contributed by atoms with Crippen LogP contribution in [0.15, 0.2) is 36.4 Å². The molecule has 1 saturated carbocycles. The monoisotopic (exact) mass is 390 g/mol. The highest BCUT2D eigenvalue weighted by Crippen LogP contribution is 2.32. The SMILES string of the molecule is Cc1ccc(C)c(N2C(=O)c3ccc(C(=O)N(C)C4CCCCC4)cc3C2=O)c1. The lowest BCUT2D eigenvalue weighted by Crippen LogP contribution is -2.38. The van der Waals surface area contributed by atoms with Crippen molar-refractivity contribution in [2.75, 3.05) is 11.9 Å². The Hall–Kier alpha value is -2.95. The number of imide groups is 1. The largest absolute Gasteiger partial charge is 0.339 e. The quantitative estimate of drug-likeness (QED) is 0.725. The van der Waals surface area contributed by atoms with Gasteiger partial charge in [-0.05, 0) is 62.1 Å². The molecule has 1 fully saturated rings. The van der Waals surface area contributed by atoms with Gasteiger partial charge in [0, 0.05) is 18.7 Å². The minimum Gasteiger partial charge on any atom is -0.339 e. The summed E-state index contributed by atoms with van der Waals surface area (Å²) in [6, 6.07) is 10.8. The van der Waals surface area contributed by atoms with Crippen LogP contribution >= 0.6 is 0 Å². The number of rotatable bonds is 3. The smallest absolute Gasteiger partial charge is 0.266 e. The van der Waals surface area contributed by atoms with Crippen LogP contribution in [-0.2, 0) is 0 Å². The van der Waals surface area contributed by atoms with Crippen LogP contribution in [0.5, 0.6) is 0 Å². The number of carbonyl (C=O) groups is 3. The number of nitrogens with zero attached hydrogens (tertiary/aromatic N) is 2. The molecule has 5 heteroatoms. The molecule has 1 heterocycles. The summed E-state index contributed by atoms with van der Waals surface area (Å²) in [5, 5.41) is 0. The molecular formula is C24H26N2O3. The first-order valence-corrected chi connectivity index (χ1v) is 10.3. The van der Waals surface area contributed by atoms with Gasteiger partial charge in [0.25, 0.3) is 17.7 Å². The van der Waals surface area contributed by atoms with Gasteiger partial charge in [0.1, 0.15) is 0 Å². The second kappa shape index (κ2) is 7.47. The topological polar surface area (TPSA) is 57.7 Å². The van der Waals surface area contributed by atoms with Crippen LogP contribution in [0.4, 0.5) is 5.69 Å². The zero-order chi connectivity index (χ0) is 20.7. The van der Waals surface area contributed by atoms with E-state index in [0.29, 0.717) is 22.4 Å². The second-order valence-electron chi connectivity index (χ2n) is 8.20. The van der Waals surface area contributed by atoms with E-state index in [4.69, 9.17) is 0 Å². The fourth-order valence-corrected chi connectivity index (χ4v) is 4.39. The molecule has 1 aliphatic heterocycles. The van der Waals surface area contributed by atoms with Crippen LogP contribution in [0.1, 0.15) is 74.3 Å². The Labute approximate surface area is 171 Å². The zero-order valence-corrected chi connectivity index (χ0v) is 17.2. The number of anilines is 1. The van der Waals surface area contributed by atoms with E-state index in [0.717, 1.165) is 36.8 Å². The van der Waals surface area contributed by atoms with Crippen molar-refractivity contribution in [1.29, 1.82) is 0 Å². The maximum absolute atomic E-state index is 13.1. The summed E-state index contributed by atoms with van der Waals surface area (Å²) in [5.74, 6) is -0.794. The molecule has 3 amide bonds. The van der Waals surface area contributed by atoms with Gasteiger partial charge < -0.3 is 4.90 Å². The van der Waals surface area contributed by atoms with E-state index in [-0.39, 0.29) is 23.8 Å². The number of fused-ring (bicyclic) bond motifs is 1. The van der Waals surface area contributed by atoms with Crippen molar-refractivity contribution in [1.82, 2.24) is 4.90 Å². The maximum Gasteiger partial charge on any atom is 0.266 e. The van der Waals surface area contributed by atoms with E-state index in [1.807, 2.05) is 39.1 Å². The molecule has 0 saturated heterocycles. The van der Waals surface area contributed by atoms with Gasteiger partial charge in [-0.1, -0.05) is 31.4 Å². The lowest BCUT2D eigenvalue weighted by atomic mass is 9.94. The summed E-state index contributed by atoms with van der Waals surface area (Å²) in [4.78, 5) is 42.1. The van der Waals surface area contributed by atoms with E-state index in [2.05, 4.69) is 0 Å². The molecule has 0 unspecified atom stereocenters. The zero-order valence-electron chi connectivity index (χ0n) is 17.2. The summed E-state index contributed by atoms with van der Waals surface area (Å²) < 4.78 is 0. The Bertz CT molecular complexity index is 1010. The molecule has 5 nitrogen and oxygen atoms in total. The molecule has 0 atom stereocenters. The highest BCUT2D eigenvalue weighted by atomic mass is 16.2. The minimum absolute atomic E-state index is 0.0925. The van der Waals surface area contributed by atoms with Gasteiger partial charge in [-0.15, -0.1) is 0 Å². The Morgan fingerprint density at radius 3 is 2.34 bits per heavy atom. The standard InChI is InChI=1S/C24H26N2O3/c1-15-9-10-16(2)21(13-15)26-23(28)19-12-11-17(14-20(19)24(26)29)22(27)25(3)18-7-5-4-6-8-18/h9-14,18H,4-8H2,1-3H3. The molecule has 0 aromatic heterocycles. The molecule has 2 aromatic carbocycles. The van der Waals surface area contributed by atoms with Crippen molar-refractivity contribution in [3.05, 3.63) is 64.2 Å². The Morgan fingerprint density at radius 1 is 0.931 bits per heavy atom. The first-order chi connectivity index (χ1) is 13.9. The molecular weight excluding hydrogens is 364 g/mol. The van der Waals surface area contributed by atoms with Crippen LogP contribution in [0.25, 0.3) is 0 Å². The van der Waals surface area contributed by atoms with Crippen molar-refractivity contribution in [3.63, 3.8) is 0 Å². The summed E-state index contributed by atoms with van der Waals surface area (Å²) in [7, 11) is 1.83. The van der Waals surface area contributed by atoms with Crippen LogP contribution in [0, 0.1) is 13.8 Å². The number of amides is 3. The number of hydrogen-bond acceptors (Lipinski definition) is 3. The summed E-state index contributed by atoms with van der Waals surface area (Å²) in [6.45, 7) is 3.81. The molecule has 150 valence electrons. The molecule has 1 aliphatic carbocycles. The van der Waals surface area contributed by atoms with Gasteiger partial charge in [0.15, 0.2) is 0 Å². The number of benzene rings is 2. The Balaban J connectivity index is 1.65. The third kappa shape index (κ3) is 3.35. The van der Waals surface area contributed by atoms with Gasteiger partial charge in [-0.25, -0.2) is 4.90 Å². The summed E-state index contributed by atoms with van der Waals surface area (Å²) in [6.07, 6.45) is 5.55. The van der Waals surface area contributed by atoms with E-state index in [9.17, 15) is 14.4 Å². The maximum atomic E-state index is 13.1. The molecule has 4 rings (SSSR count). The van der Waals surface area contributed by atoms with Gasteiger partial charge >= 0.3 is 0 Å². The van der Waals surface area contributed by atoms with E-state index in [1.165, 1.54) is 11.3 Å². The Morgan fingerprint density at radius 2 is 1.62 bits per heavy atom. The number of carbonyl (C=O) groups excluding carboxylic acids is 3. The van der Waals surface area contributed by atoms with Crippen molar-refractivity contribution in [3.8, 4) is 0 Å². The van der Waals surface area contributed by atoms with Crippen molar-refractivity contribution in [2.45, 2.75) is 52.0 Å². The first kappa shape index (κ1) is 19.4. The predicted octanol–water partition coefficient (Wildman–Crippen LogP) is 4.51. The second-order valence-corrected chi connectivity index (χ2v) is 8.20. The van der Waals surface area contributed by atoms with E-state index in [1.54, 1.807) is 23.1 Å². The number of hydrogen-bond donors (Lipinski definition) is 0. The fraction of sp³-hybridized carbons (Fsp3) is 0.375. The van der Waals surface area contributed by atoms with Gasteiger partial charge in [0.2, 0.25) is 0 Å². The average Bonchev–Trinajstić information content (AvgIpc) is 2.99. The average molecular weight is 390 g/mol. The third-order valence-electron chi connectivity index (χ3n) is 6.18. The van der Waals surface area contributed by atoms with Crippen LogP contribution in [0.2, 0.25) is 0 Å². The predicted molar refractivity (Wildman–Crippen MR) is 112 cm³/mol. The fourth-order valence-electron chi connectivity index (χ4n) is 4.39. The molecule has 29 heavy (non-hydrogen) atoms. The molecule has 0 spiro atoms. The summed E-state index contributed by atoms with van der Waals surface area (Å²) >= 11 is 0. The van der Waals surface area contributed by atoms with E-state index < -0.39 is 0 Å². The van der Waals surface area contributed by atoms with Crippen LogP contribution in [-0.4, -0.2) is 35.7 Å². The van der Waals surface area contributed by atoms with Gasteiger partial charge in [-0.3, -0.25) is 14.4 Å².